The van der Waals surface area contributed by atoms with Gasteiger partial charge in [-0.2, -0.15) is 13.5 Å². The first kappa shape index (κ1) is 21.2. The first-order valence-corrected chi connectivity index (χ1v) is 6.33. The highest BCUT2D eigenvalue weighted by Gasteiger charge is 2.26. The molecule has 1 amide bonds. The molecule has 2 N–H and O–H groups in total. The van der Waals surface area contributed by atoms with Crippen molar-refractivity contribution < 1.29 is 24.2 Å². The second-order valence-corrected chi connectivity index (χ2v) is 5.10. The Morgan fingerprint density at radius 1 is 1.15 bits per heavy atom. The molecule has 20 heavy (non-hydrogen) atoms. The van der Waals surface area contributed by atoms with Gasteiger partial charge in [-0.3, -0.25) is 14.4 Å². The number of esters is 1. The molecule has 0 saturated heterocycles. The Hall–Kier alpha value is -1.08. The number of rotatable bonds is 7. The average molecular weight is 307 g/mol. The van der Waals surface area contributed by atoms with Crippen LogP contribution in [0.5, 0.6) is 0 Å². The maximum absolute atomic E-state index is 11.7. The monoisotopic (exact) mass is 307 g/mol. The van der Waals surface area contributed by atoms with Gasteiger partial charge in [-0.15, -0.1) is 0 Å². The molecule has 0 heterocycles. The molecule has 6 nitrogen and oxygen atoms in total. The highest BCUT2D eigenvalue weighted by atomic mass is 32.1. The van der Waals surface area contributed by atoms with Crippen molar-refractivity contribution in [1.82, 2.24) is 5.32 Å². The SMILES string of the molecule is CC(=O)C(NC(=O)C(O)CC(=O)OC(C)C)C(C)C.S. The molecule has 2 atom stereocenters. The van der Waals surface area contributed by atoms with Crippen LogP contribution in [0.3, 0.4) is 0 Å². The Kier molecular flexibility index (Phi) is 10.4. The first-order chi connectivity index (χ1) is 8.65. The zero-order valence-corrected chi connectivity index (χ0v) is 13.6. The minimum atomic E-state index is -1.51. The van der Waals surface area contributed by atoms with Gasteiger partial charge < -0.3 is 15.2 Å². The number of ketones is 1. The predicted octanol–water partition coefficient (Wildman–Crippen LogP) is 0.532. The molecule has 0 aliphatic carbocycles. The number of carbonyl (C=O) groups is 3. The summed E-state index contributed by atoms with van der Waals surface area (Å²) in [7, 11) is 0. The van der Waals surface area contributed by atoms with Crippen LogP contribution in [0.25, 0.3) is 0 Å². The number of nitrogens with one attached hydrogen (secondary N) is 1. The Morgan fingerprint density at radius 2 is 1.65 bits per heavy atom. The average Bonchev–Trinajstić information content (AvgIpc) is 2.22. The second kappa shape index (κ2) is 9.77. The van der Waals surface area contributed by atoms with Gasteiger partial charge >= 0.3 is 5.97 Å². The number of amides is 1. The van der Waals surface area contributed by atoms with Gasteiger partial charge in [0.15, 0.2) is 5.78 Å². The lowest BCUT2D eigenvalue weighted by molar-refractivity contribution is -0.152. The van der Waals surface area contributed by atoms with Gasteiger partial charge in [0, 0.05) is 0 Å². The Bertz CT molecular complexity index is 344. The van der Waals surface area contributed by atoms with Gasteiger partial charge in [0.05, 0.1) is 18.6 Å². The third-order valence-electron chi connectivity index (χ3n) is 2.43. The first-order valence-electron chi connectivity index (χ1n) is 6.33. The van der Waals surface area contributed by atoms with Crippen LogP contribution in [0.4, 0.5) is 0 Å². The summed E-state index contributed by atoms with van der Waals surface area (Å²) in [6.45, 7) is 8.28. The van der Waals surface area contributed by atoms with E-state index in [-0.39, 0.29) is 31.3 Å². The van der Waals surface area contributed by atoms with E-state index in [0.29, 0.717) is 0 Å². The lowest BCUT2D eigenvalue weighted by Gasteiger charge is -2.21. The van der Waals surface area contributed by atoms with Gasteiger partial charge in [-0.1, -0.05) is 13.8 Å². The van der Waals surface area contributed by atoms with Gasteiger partial charge in [0.25, 0.3) is 0 Å². The zero-order valence-electron chi connectivity index (χ0n) is 12.6. The lowest BCUT2D eigenvalue weighted by Crippen LogP contribution is -2.48. The second-order valence-electron chi connectivity index (χ2n) is 5.10. The summed E-state index contributed by atoms with van der Waals surface area (Å²) >= 11 is 0. The van der Waals surface area contributed by atoms with Crippen LogP contribution in [0.2, 0.25) is 0 Å². The van der Waals surface area contributed by atoms with Crippen LogP contribution >= 0.6 is 13.5 Å². The largest absolute Gasteiger partial charge is 0.463 e. The van der Waals surface area contributed by atoms with Crippen molar-refractivity contribution in [2.75, 3.05) is 0 Å². The van der Waals surface area contributed by atoms with E-state index in [4.69, 9.17) is 4.74 Å². The minimum absolute atomic E-state index is 0. The third-order valence-corrected chi connectivity index (χ3v) is 2.43. The van der Waals surface area contributed by atoms with Crippen LogP contribution in [0.15, 0.2) is 0 Å². The van der Waals surface area contributed by atoms with Gasteiger partial charge in [-0.25, -0.2) is 0 Å². The van der Waals surface area contributed by atoms with Crippen LogP contribution < -0.4 is 5.32 Å². The summed E-state index contributed by atoms with van der Waals surface area (Å²) in [5, 5.41) is 12.0. The van der Waals surface area contributed by atoms with Crippen molar-refractivity contribution in [3.63, 3.8) is 0 Å². The molecule has 0 radical (unpaired) electrons. The molecule has 0 aromatic rings. The van der Waals surface area contributed by atoms with E-state index < -0.39 is 30.4 Å². The summed E-state index contributed by atoms with van der Waals surface area (Å²) in [6.07, 6.45) is -2.23. The highest BCUT2D eigenvalue weighted by molar-refractivity contribution is 7.59. The van der Waals surface area contributed by atoms with E-state index >= 15 is 0 Å². The number of ether oxygens (including phenoxy) is 1. The quantitative estimate of drug-likeness (QED) is 0.669. The number of aliphatic hydroxyl groups is 1. The molecule has 118 valence electrons. The van der Waals surface area contributed by atoms with Crippen molar-refractivity contribution in [2.24, 2.45) is 5.92 Å². The molecule has 2 unspecified atom stereocenters. The summed E-state index contributed by atoms with van der Waals surface area (Å²) < 4.78 is 4.83. The standard InChI is InChI=1S/C13H23NO5.H2S/c1-7(2)12(9(5)15)14-13(18)10(16)6-11(17)19-8(3)4;/h7-8,10,12,16H,6H2,1-5H3,(H,14,18);1H2. The van der Waals surface area contributed by atoms with Crippen molar-refractivity contribution in [1.29, 1.82) is 0 Å². The molecule has 7 heteroatoms. The van der Waals surface area contributed by atoms with Gasteiger partial charge in [0.1, 0.15) is 6.10 Å². The normalized spacial score (nSPS) is 13.4. The smallest absolute Gasteiger partial charge is 0.309 e. The van der Waals surface area contributed by atoms with Gasteiger partial charge in [0.2, 0.25) is 5.91 Å². The molecule has 0 bridgehead atoms. The molecule has 0 aromatic carbocycles. The summed E-state index contributed by atoms with van der Waals surface area (Å²) in [4.78, 5) is 34.3. The van der Waals surface area contributed by atoms with E-state index in [1.807, 2.05) is 0 Å². The molecule has 0 aliphatic rings. The molecular weight excluding hydrogens is 282 g/mol. The fourth-order valence-electron chi connectivity index (χ4n) is 1.55. The number of hydrogen-bond acceptors (Lipinski definition) is 5. The fraction of sp³-hybridized carbons (Fsp3) is 0.769. The van der Waals surface area contributed by atoms with Crippen molar-refractivity contribution in [2.45, 2.75) is 59.3 Å². The minimum Gasteiger partial charge on any atom is -0.463 e. The maximum Gasteiger partial charge on any atom is 0.309 e. The topological polar surface area (TPSA) is 92.7 Å². The van der Waals surface area contributed by atoms with Crippen LogP contribution in [0, 0.1) is 5.92 Å². The molecule has 0 spiro atoms. The number of carbonyl (C=O) groups excluding carboxylic acids is 3. The van der Waals surface area contributed by atoms with Crippen LogP contribution in [-0.4, -0.2) is 41.0 Å². The van der Waals surface area contributed by atoms with Crippen LogP contribution in [-0.2, 0) is 19.1 Å². The number of hydrogen-bond donors (Lipinski definition) is 2. The number of Topliss-reactive ketones (excluding diaryl/α,β-unsaturated/α-hetero) is 1. The van der Waals surface area contributed by atoms with E-state index in [9.17, 15) is 19.5 Å². The Labute approximate surface area is 126 Å². The van der Waals surface area contributed by atoms with Gasteiger partial charge in [-0.05, 0) is 26.7 Å². The van der Waals surface area contributed by atoms with E-state index in [2.05, 4.69) is 5.32 Å². The maximum atomic E-state index is 11.7. The van der Waals surface area contributed by atoms with Crippen LogP contribution in [0.1, 0.15) is 41.0 Å². The summed E-state index contributed by atoms with van der Waals surface area (Å²) in [5.41, 5.74) is 0. The molecule has 0 saturated carbocycles. The van der Waals surface area contributed by atoms with E-state index in [1.165, 1.54) is 6.92 Å². The molecular formula is C13H25NO5S. The Morgan fingerprint density at radius 3 is 2.00 bits per heavy atom. The predicted molar refractivity (Wildman–Crippen MR) is 79.7 cm³/mol. The van der Waals surface area contributed by atoms with Crippen molar-refractivity contribution in [3.05, 3.63) is 0 Å². The molecule has 0 aliphatic heterocycles. The zero-order chi connectivity index (χ0) is 15.2. The van der Waals surface area contributed by atoms with E-state index in [0.717, 1.165) is 0 Å². The highest BCUT2D eigenvalue weighted by Crippen LogP contribution is 2.05. The van der Waals surface area contributed by atoms with Crippen molar-refractivity contribution >= 4 is 31.2 Å². The molecule has 0 fully saturated rings. The Balaban J connectivity index is 0. The number of aliphatic hydroxyl groups excluding tert-OH is 1. The summed E-state index contributed by atoms with van der Waals surface area (Å²) in [6, 6.07) is -0.664. The lowest BCUT2D eigenvalue weighted by atomic mass is 10.0. The third kappa shape index (κ3) is 8.16. The fourth-order valence-corrected chi connectivity index (χ4v) is 1.55. The van der Waals surface area contributed by atoms with E-state index in [1.54, 1.807) is 27.7 Å². The summed E-state index contributed by atoms with van der Waals surface area (Å²) in [5.74, 6) is -1.67. The molecule has 0 rings (SSSR count). The molecule has 0 aromatic heterocycles. The van der Waals surface area contributed by atoms with Crippen molar-refractivity contribution in [3.8, 4) is 0 Å².